The topological polar surface area (TPSA) is 0 Å². The molecule has 0 spiro atoms. The number of thiophene rings is 1. The molecule has 1 heterocycles. The zero-order valence-corrected chi connectivity index (χ0v) is 27.4. The van der Waals surface area contributed by atoms with E-state index in [1.165, 1.54) is 107 Å². The molecule has 11 rings (SSSR count). The monoisotopic (exact) mass is 636 g/mol. The summed E-state index contributed by atoms with van der Waals surface area (Å²) in [4.78, 5) is 0. The van der Waals surface area contributed by atoms with E-state index in [1.807, 2.05) is 11.3 Å². The number of hydrogen-bond acceptors (Lipinski definition) is 1. The molecule has 0 fully saturated rings. The predicted molar refractivity (Wildman–Crippen MR) is 215 cm³/mol. The summed E-state index contributed by atoms with van der Waals surface area (Å²) in [7, 11) is 0. The minimum absolute atomic E-state index is 1.25. The van der Waals surface area contributed by atoms with Gasteiger partial charge in [-0.2, -0.15) is 0 Å². The molecule has 0 bridgehead atoms. The van der Waals surface area contributed by atoms with Crippen LogP contribution < -0.4 is 0 Å². The van der Waals surface area contributed by atoms with E-state index in [9.17, 15) is 0 Å². The molecule has 10 aromatic carbocycles. The average molecular weight is 637 g/mol. The van der Waals surface area contributed by atoms with Gasteiger partial charge in [0.2, 0.25) is 0 Å². The molecule has 49 heavy (non-hydrogen) atoms. The predicted octanol–water partition coefficient (Wildman–Crippen LogP) is 14.3. The van der Waals surface area contributed by atoms with Crippen LogP contribution in [0.2, 0.25) is 0 Å². The zero-order valence-electron chi connectivity index (χ0n) is 26.6. The van der Waals surface area contributed by atoms with Crippen molar-refractivity contribution in [1.82, 2.24) is 0 Å². The van der Waals surface area contributed by atoms with Crippen molar-refractivity contribution >= 4 is 96.1 Å². The van der Waals surface area contributed by atoms with Gasteiger partial charge in [-0.3, -0.25) is 0 Å². The summed E-state index contributed by atoms with van der Waals surface area (Å²) in [6, 6.07) is 63.1. The standard InChI is InChI=1S/C48H28S/c1-2-14-31-29(12-1)13-11-22-35(31)46-39-20-7-5-18-37(39)45(38-19-6-8-21-40(38)46)30-24-25-33-41-26-27-42-34-16-9-10-23-44(34)49-48(42)47(41)36-17-4-3-15-32(36)43(33)28-30/h1-28H. The van der Waals surface area contributed by atoms with Crippen LogP contribution in [0.4, 0.5) is 0 Å². The lowest BCUT2D eigenvalue weighted by atomic mass is 9.84. The van der Waals surface area contributed by atoms with Crippen LogP contribution in [-0.4, -0.2) is 0 Å². The van der Waals surface area contributed by atoms with Gasteiger partial charge in [-0.05, 0) is 93.6 Å². The van der Waals surface area contributed by atoms with Gasteiger partial charge < -0.3 is 0 Å². The van der Waals surface area contributed by atoms with Crippen LogP contribution in [0.3, 0.4) is 0 Å². The van der Waals surface area contributed by atoms with Crippen molar-refractivity contribution in [2.45, 2.75) is 0 Å². The summed E-state index contributed by atoms with van der Waals surface area (Å²) in [6.07, 6.45) is 0. The average Bonchev–Trinajstić information content (AvgIpc) is 3.55. The van der Waals surface area contributed by atoms with Gasteiger partial charge in [-0.1, -0.05) is 158 Å². The van der Waals surface area contributed by atoms with Crippen LogP contribution in [0, 0.1) is 0 Å². The number of hydrogen-bond donors (Lipinski definition) is 0. The molecular formula is C48H28S. The highest BCUT2D eigenvalue weighted by molar-refractivity contribution is 7.26. The zero-order chi connectivity index (χ0) is 32.1. The highest BCUT2D eigenvalue weighted by Gasteiger charge is 2.20. The number of benzene rings is 10. The van der Waals surface area contributed by atoms with Gasteiger partial charge in [-0.25, -0.2) is 0 Å². The quantitative estimate of drug-likeness (QED) is 0.131. The third-order valence-electron chi connectivity index (χ3n) is 10.6. The first-order valence-electron chi connectivity index (χ1n) is 16.9. The molecule has 0 atom stereocenters. The van der Waals surface area contributed by atoms with E-state index >= 15 is 0 Å². The van der Waals surface area contributed by atoms with E-state index < -0.39 is 0 Å². The first kappa shape index (κ1) is 27.0. The molecule has 0 amide bonds. The summed E-state index contributed by atoms with van der Waals surface area (Å²) in [5.41, 5.74) is 5.12. The maximum absolute atomic E-state index is 2.46. The van der Waals surface area contributed by atoms with Crippen LogP contribution in [0.1, 0.15) is 0 Å². The van der Waals surface area contributed by atoms with Crippen LogP contribution in [0.15, 0.2) is 170 Å². The first-order valence-corrected chi connectivity index (χ1v) is 17.8. The van der Waals surface area contributed by atoms with Gasteiger partial charge in [0.1, 0.15) is 0 Å². The second-order valence-electron chi connectivity index (χ2n) is 13.1. The van der Waals surface area contributed by atoms with Crippen molar-refractivity contribution in [3.8, 4) is 22.3 Å². The Hall–Kier alpha value is -6.02. The van der Waals surface area contributed by atoms with Crippen LogP contribution in [0.25, 0.3) is 107 Å². The largest absolute Gasteiger partial charge is 0.135 e. The molecule has 1 aromatic heterocycles. The third kappa shape index (κ3) is 3.79. The van der Waals surface area contributed by atoms with Crippen molar-refractivity contribution in [2.24, 2.45) is 0 Å². The second kappa shape index (κ2) is 10.2. The molecule has 0 saturated carbocycles. The lowest BCUT2D eigenvalue weighted by molar-refractivity contribution is 1.69. The minimum Gasteiger partial charge on any atom is -0.135 e. The molecule has 1 heteroatoms. The molecule has 11 aromatic rings. The van der Waals surface area contributed by atoms with Crippen molar-refractivity contribution in [1.29, 1.82) is 0 Å². The highest BCUT2D eigenvalue weighted by Crippen LogP contribution is 2.48. The summed E-state index contributed by atoms with van der Waals surface area (Å²) in [6.45, 7) is 0. The Morgan fingerprint density at radius 1 is 0.306 bits per heavy atom. The Kier molecular flexibility index (Phi) is 5.64. The summed E-state index contributed by atoms with van der Waals surface area (Å²) in [5.74, 6) is 0. The van der Waals surface area contributed by atoms with Crippen molar-refractivity contribution < 1.29 is 0 Å². The maximum atomic E-state index is 2.46. The van der Waals surface area contributed by atoms with E-state index in [0.717, 1.165) is 0 Å². The van der Waals surface area contributed by atoms with Crippen molar-refractivity contribution in [2.75, 3.05) is 0 Å². The van der Waals surface area contributed by atoms with Gasteiger partial charge in [0.05, 0.1) is 0 Å². The molecule has 0 radical (unpaired) electrons. The van der Waals surface area contributed by atoms with Gasteiger partial charge >= 0.3 is 0 Å². The van der Waals surface area contributed by atoms with E-state index in [1.54, 1.807) is 0 Å². The first-order chi connectivity index (χ1) is 24.3. The van der Waals surface area contributed by atoms with Crippen LogP contribution >= 0.6 is 11.3 Å². The van der Waals surface area contributed by atoms with Crippen molar-refractivity contribution in [3.05, 3.63) is 170 Å². The van der Waals surface area contributed by atoms with E-state index in [-0.39, 0.29) is 0 Å². The van der Waals surface area contributed by atoms with Gasteiger partial charge in [0.25, 0.3) is 0 Å². The van der Waals surface area contributed by atoms with Gasteiger partial charge in [0.15, 0.2) is 0 Å². The lowest BCUT2D eigenvalue weighted by Gasteiger charge is -2.19. The SMILES string of the molecule is c1ccc2c(-c3c4ccccc4c(-c4ccc5c(c4)c4ccccc4c4c5ccc5c6ccccc6sc54)c4ccccc34)cccc2c1. The van der Waals surface area contributed by atoms with Crippen molar-refractivity contribution in [3.63, 3.8) is 0 Å². The summed E-state index contributed by atoms with van der Waals surface area (Å²) >= 11 is 1.92. The molecule has 0 nitrogen and oxygen atoms in total. The molecule has 0 saturated heterocycles. The number of rotatable bonds is 2. The molecule has 0 aliphatic rings. The fourth-order valence-corrected chi connectivity index (χ4v) is 9.81. The second-order valence-corrected chi connectivity index (χ2v) is 14.2. The lowest BCUT2D eigenvalue weighted by Crippen LogP contribution is -1.92. The number of fused-ring (bicyclic) bond motifs is 13. The smallest absolute Gasteiger partial charge is 0.0440 e. The summed E-state index contributed by atoms with van der Waals surface area (Å²) in [5, 5.41) is 18.3. The Balaban J connectivity index is 1.25. The van der Waals surface area contributed by atoms with Crippen LogP contribution in [-0.2, 0) is 0 Å². The Morgan fingerprint density at radius 3 is 1.57 bits per heavy atom. The molecular weight excluding hydrogens is 609 g/mol. The fourth-order valence-electron chi connectivity index (χ4n) is 8.55. The normalized spacial score (nSPS) is 12.1. The minimum atomic E-state index is 1.25. The molecule has 0 N–H and O–H groups in total. The van der Waals surface area contributed by atoms with Crippen LogP contribution in [0.5, 0.6) is 0 Å². The van der Waals surface area contributed by atoms with Gasteiger partial charge in [-0.15, -0.1) is 11.3 Å². The maximum Gasteiger partial charge on any atom is 0.0440 e. The van der Waals surface area contributed by atoms with E-state index in [2.05, 4.69) is 170 Å². The molecule has 226 valence electrons. The van der Waals surface area contributed by atoms with E-state index in [4.69, 9.17) is 0 Å². The Bertz CT molecular complexity index is 3080. The highest BCUT2D eigenvalue weighted by atomic mass is 32.1. The third-order valence-corrected chi connectivity index (χ3v) is 11.8. The fraction of sp³-hybridized carbons (Fsp3) is 0. The molecule has 0 aliphatic carbocycles. The molecule has 0 aliphatic heterocycles. The molecule has 0 unspecified atom stereocenters. The Labute approximate surface area is 287 Å². The van der Waals surface area contributed by atoms with E-state index in [0.29, 0.717) is 0 Å². The van der Waals surface area contributed by atoms with Gasteiger partial charge in [0, 0.05) is 25.6 Å². The summed E-state index contributed by atoms with van der Waals surface area (Å²) < 4.78 is 2.72. The Morgan fingerprint density at radius 2 is 0.816 bits per heavy atom.